The Balaban J connectivity index is 3.14. The largest absolute Gasteiger partial charge is 0.358 e. The average molecular weight is 310 g/mol. The third-order valence-electron chi connectivity index (χ3n) is 3.00. The van der Waals surface area contributed by atoms with Gasteiger partial charge in [0.25, 0.3) is 0 Å². The highest BCUT2D eigenvalue weighted by atomic mass is 35.5. The molecule has 1 atom stereocenters. The molecule has 116 valence electrons. The summed E-state index contributed by atoms with van der Waals surface area (Å²) < 4.78 is 5.63. The fourth-order valence-corrected chi connectivity index (χ4v) is 1.99. The zero-order valence-electron chi connectivity index (χ0n) is 13.2. The van der Waals surface area contributed by atoms with Gasteiger partial charge in [-0.05, 0) is 38.8 Å². The van der Waals surface area contributed by atoms with Crippen molar-refractivity contribution in [2.24, 2.45) is 0 Å². The van der Waals surface area contributed by atoms with Gasteiger partial charge >= 0.3 is 0 Å². The summed E-state index contributed by atoms with van der Waals surface area (Å²) in [7, 11) is 0. The van der Waals surface area contributed by atoms with E-state index >= 15 is 0 Å². The van der Waals surface area contributed by atoms with Crippen LogP contribution in [-0.2, 0) is 9.53 Å². The minimum absolute atomic E-state index is 0.0459. The number of amides is 1. The maximum atomic E-state index is 12.5. The second kappa shape index (κ2) is 8.85. The molecule has 0 aliphatic rings. The van der Waals surface area contributed by atoms with Gasteiger partial charge in [-0.3, -0.25) is 9.69 Å². The highest BCUT2D eigenvalue weighted by molar-refractivity contribution is 6.32. The van der Waals surface area contributed by atoms with Gasteiger partial charge in [-0.1, -0.05) is 37.3 Å². The van der Waals surface area contributed by atoms with Crippen LogP contribution in [0.4, 0.5) is 5.69 Å². The summed E-state index contributed by atoms with van der Waals surface area (Å²) in [4.78, 5) is 14.2. The fourth-order valence-electron chi connectivity index (χ4n) is 1.87. The van der Waals surface area contributed by atoms with Crippen molar-refractivity contribution in [3.8, 4) is 0 Å². The zero-order valence-corrected chi connectivity index (χ0v) is 13.9. The molecule has 0 aliphatic heterocycles. The van der Waals surface area contributed by atoms with Crippen LogP contribution in [0.15, 0.2) is 30.3 Å². The molecule has 0 saturated carbocycles. The maximum Gasteiger partial charge on any atom is 0.246 e. The second-order valence-electron chi connectivity index (χ2n) is 5.05. The first-order chi connectivity index (χ1) is 10.0. The van der Waals surface area contributed by atoms with E-state index in [2.05, 4.69) is 0 Å². The first-order valence-electron chi connectivity index (χ1n) is 7.30. The Hall–Kier alpha value is -1.32. The van der Waals surface area contributed by atoms with Crippen LogP contribution in [0.1, 0.15) is 39.7 Å². The van der Waals surface area contributed by atoms with E-state index in [1.54, 1.807) is 4.90 Å². The van der Waals surface area contributed by atoms with Crippen molar-refractivity contribution >= 4 is 29.3 Å². The van der Waals surface area contributed by atoms with Gasteiger partial charge in [-0.2, -0.15) is 0 Å². The molecule has 1 amide bonds. The minimum atomic E-state index is -0.542. The van der Waals surface area contributed by atoms with Crippen LogP contribution in [-0.4, -0.2) is 24.1 Å². The molecule has 0 aromatic heterocycles. The lowest BCUT2D eigenvalue weighted by atomic mass is 10.1. The Bertz CT molecular complexity index is 485. The van der Waals surface area contributed by atoms with Gasteiger partial charge in [0.15, 0.2) is 0 Å². The van der Waals surface area contributed by atoms with Gasteiger partial charge in [0.2, 0.25) is 5.91 Å². The predicted molar refractivity (Wildman–Crippen MR) is 89.7 cm³/mol. The van der Waals surface area contributed by atoms with Gasteiger partial charge in [-0.25, -0.2) is 0 Å². The lowest BCUT2D eigenvalue weighted by Gasteiger charge is -2.27. The van der Waals surface area contributed by atoms with Crippen LogP contribution in [0, 0.1) is 0 Å². The number of rotatable bonds is 7. The minimum Gasteiger partial charge on any atom is -0.358 e. The van der Waals surface area contributed by atoms with Crippen LogP contribution in [0.2, 0.25) is 0 Å². The maximum absolute atomic E-state index is 12.5. The van der Waals surface area contributed by atoms with Gasteiger partial charge < -0.3 is 4.74 Å². The van der Waals surface area contributed by atoms with Gasteiger partial charge in [0.1, 0.15) is 12.1 Å². The standard InChI is InChI=1S/C17H24ClNO2/c1-5-9-14-10-7-8-11-16(14)19(12-21-13(3)4)17(20)15(18)6-2/h5,7-11,13,15H,6,12H2,1-4H3. The van der Waals surface area contributed by atoms with E-state index < -0.39 is 5.38 Å². The van der Waals surface area contributed by atoms with E-state index in [4.69, 9.17) is 16.3 Å². The van der Waals surface area contributed by atoms with Crippen molar-refractivity contribution in [3.05, 3.63) is 35.9 Å². The topological polar surface area (TPSA) is 29.5 Å². The second-order valence-corrected chi connectivity index (χ2v) is 5.57. The molecular formula is C17H24ClNO2. The molecule has 0 saturated heterocycles. The van der Waals surface area contributed by atoms with Crippen LogP contribution in [0.25, 0.3) is 6.08 Å². The number of ether oxygens (including phenoxy) is 1. The Morgan fingerprint density at radius 3 is 2.62 bits per heavy atom. The van der Waals surface area contributed by atoms with Gasteiger partial charge in [-0.15, -0.1) is 11.6 Å². The number of carbonyl (C=O) groups is 1. The molecule has 0 fully saturated rings. The number of alkyl halides is 1. The van der Waals surface area contributed by atoms with E-state index in [0.717, 1.165) is 11.3 Å². The molecule has 3 nitrogen and oxygen atoms in total. The van der Waals surface area contributed by atoms with Crippen LogP contribution in [0.3, 0.4) is 0 Å². The molecule has 0 aliphatic carbocycles. The van der Waals surface area contributed by atoms with E-state index in [0.29, 0.717) is 6.42 Å². The molecule has 1 aromatic carbocycles. The van der Waals surface area contributed by atoms with E-state index in [9.17, 15) is 4.79 Å². The third kappa shape index (κ3) is 5.18. The first-order valence-corrected chi connectivity index (χ1v) is 7.73. The van der Waals surface area contributed by atoms with Crippen molar-refractivity contribution in [1.82, 2.24) is 0 Å². The number of anilines is 1. The molecule has 0 radical (unpaired) electrons. The normalized spacial score (nSPS) is 12.9. The van der Waals surface area contributed by atoms with E-state index in [1.165, 1.54) is 0 Å². The summed E-state index contributed by atoms with van der Waals surface area (Å²) in [6.45, 7) is 7.93. The number of allylic oxidation sites excluding steroid dienone is 1. The fraction of sp³-hybridized carbons (Fsp3) is 0.471. The van der Waals surface area contributed by atoms with Gasteiger partial charge in [0.05, 0.1) is 11.8 Å². The molecular weight excluding hydrogens is 286 g/mol. The highest BCUT2D eigenvalue weighted by Crippen LogP contribution is 2.24. The molecule has 1 aromatic rings. The molecule has 0 heterocycles. The SMILES string of the molecule is CC=Cc1ccccc1N(COC(C)C)C(=O)C(Cl)CC. The Labute approximate surface area is 132 Å². The number of halogens is 1. The number of hydrogen-bond acceptors (Lipinski definition) is 2. The van der Waals surface area contributed by atoms with Crippen LogP contribution in [0.5, 0.6) is 0 Å². The summed E-state index contributed by atoms with van der Waals surface area (Å²) in [5.41, 5.74) is 1.79. The van der Waals surface area contributed by atoms with Crippen molar-refractivity contribution in [1.29, 1.82) is 0 Å². The zero-order chi connectivity index (χ0) is 15.8. The smallest absolute Gasteiger partial charge is 0.246 e. The quantitative estimate of drug-likeness (QED) is 0.550. The average Bonchev–Trinajstić information content (AvgIpc) is 2.48. The van der Waals surface area contributed by atoms with Crippen LogP contribution < -0.4 is 4.90 Å². The van der Waals surface area contributed by atoms with Gasteiger partial charge in [0, 0.05) is 0 Å². The molecule has 0 spiro atoms. The number of benzene rings is 1. The first kappa shape index (κ1) is 17.7. The Morgan fingerprint density at radius 1 is 1.38 bits per heavy atom. The van der Waals surface area contributed by atoms with Crippen molar-refractivity contribution in [2.45, 2.75) is 45.6 Å². The number of hydrogen-bond donors (Lipinski definition) is 0. The Kier molecular flexibility index (Phi) is 7.48. The molecule has 0 bridgehead atoms. The van der Waals surface area contributed by atoms with Crippen LogP contribution >= 0.6 is 11.6 Å². The van der Waals surface area contributed by atoms with Crippen molar-refractivity contribution in [2.75, 3.05) is 11.6 Å². The summed E-state index contributed by atoms with van der Waals surface area (Å²) in [5.74, 6) is -0.128. The lowest BCUT2D eigenvalue weighted by molar-refractivity contribution is -0.119. The molecule has 0 N–H and O–H groups in total. The summed E-state index contributed by atoms with van der Waals surface area (Å²) >= 11 is 6.14. The van der Waals surface area contributed by atoms with E-state index in [1.807, 2.05) is 64.1 Å². The molecule has 1 unspecified atom stereocenters. The summed E-state index contributed by atoms with van der Waals surface area (Å²) in [6, 6.07) is 7.74. The lowest BCUT2D eigenvalue weighted by Crippen LogP contribution is -2.39. The monoisotopic (exact) mass is 309 g/mol. The number of carbonyl (C=O) groups excluding carboxylic acids is 1. The Morgan fingerprint density at radius 2 is 2.05 bits per heavy atom. The number of nitrogens with zero attached hydrogens (tertiary/aromatic N) is 1. The summed E-state index contributed by atoms with van der Waals surface area (Å²) in [6.07, 6.45) is 4.55. The van der Waals surface area contributed by atoms with Crippen molar-refractivity contribution < 1.29 is 9.53 Å². The molecule has 1 rings (SSSR count). The van der Waals surface area contributed by atoms with E-state index in [-0.39, 0.29) is 18.7 Å². The predicted octanol–water partition coefficient (Wildman–Crippen LogP) is 4.45. The highest BCUT2D eigenvalue weighted by Gasteiger charge is 2.24. The molecule has 4 heteroatoms. The molecule has 21 heavy (non-hydrogen) atoms. The van der Waals surface area contributed by atoms with Crippen molar-refractivity contribution in [3.63, 3.8) is 0 Å². The summed E-state index contributed by atoms with van der Waals surface area (Å²) in [5, 5.41) is -0.542. The third-order valence-corrected chi connectivity index (χ3v) is 3.50. The number of para-hydroxylation sites is 1.